The summed E-state index contributed by atoms with van der Waals surface area (Å²) in [6.07, 6.45) is 3.46. The van der Waals surface area contributed by atoms with Crippen molar-refractivity contribution >= 4 is 21.9 Å². The van der Waals surface area contributed by atoms with E-state index in [9.17, 15) is 9.90 Å². The lowest BCUT2D eigenvalue weighted by Gasteiger charge is -2.30. The van der Waals surface area contributed by atoms with Crippen molar-refractivity contribution in [3.8, 4) is 0 Å². The summed E-state index contributed by atoms with van der Waals surface area (Å²) in [5.41, 5.74) is 1.19. The molecule has 1 aliphatic carbocycles. The fourth-order valence-electron chi connectivity index (χ4n) is 4.02. The van der Waals surface area contributed by atoms with Gasteiger partial charge >= 0.3 is 5.97 Å². The number of carboxylic acids is 1. The van der Waals surface area contributed by atoms with Gasteiger partial charge < -0.3 is 5.11 Å². The Morgan fingerprint density at radius 3 is 2.95 bits per heavy atom. The molecule has 20 heavy (non-hydrogen) atoms. The number of aliphatic carboxylic acids is 1. The molecule has 1 aliphatic heterocycles. The van der Waals surface area contributed by atoms with Crippen LogP contribution in [0.25, 0.3) is 0 Å². The molecule has 1 heterocycles. The summed E-state index contributed by atoms with van der Waals surface area (Å²) in [5, 5.41) is 9.63. The molecular weight excluding hydrogens is 318 g/mol. The van der Waals surface area contributed by atoms with Gasteiger partial charge in [-0.25, -0.2) is 0 Å². The Morgan fingerprint density at radius 2 is 2.25 bits per heavy atom. The highest BCUT2D eigenvalue weighted by Gasteiger charge is 2.49. The summed E-state index contributed by atoms with van der Waals surface area (Å²) in [7, 11) is 0. The van der Waals surface area contributed by atoms with Gasteiger partial charge in [-0.2, -0.15) is 0 Å². The van der Waals surface area contributed by atoms with Gasteiger partial charge in [0.25, 0.3) is 0 Å². The number of carbonyl (C=O) groups is 1. The zero-order chi connectivity index (χ0) is 14.3. The number of hydrogen-bond donors (Lipinski definition) is 1. The normalized spacial score (nSPS) is 31.2. The topological polar surface area (TPSA) is 40.5 Å². The van der Waals surface area contributed by atoms with Crippen LogP contribution in [0.15, 0.2) is 28.7 Å². The van der Waals surface area contributed by atoms with E-state index < -0.39 is 5.97 Å². The lowest BCUT2D eigenvalue weighted by atomic mass is 9.94. The first-order valence-electron chi connectivity index (χ1n) is 7.32. The van der Waals surface area contributed by atoms with Gasteiger partial charge in [0.15, 0.2) is 0 Å². The highest BCUT2D eigenvalue weighted by Crippen LogP contribution is 2.45. The molecule has 0 radical (unpaired) electrons. The van der Waals surface area contributed by atoms with Crippen molar-refractivity contribution in [1.82, 2.24) is 4.90 Å². The maximum atomic E-state index is 11.7. The monoisotopic (exact) mass is 337 g/mol. The number of fused-ring (bicyclic) bond motifs is 1. The van der Waals surface area contributed by atoms with Crippen molar-refractivity contribution < 1.29 is 9.90 Å². The summed E-state index contributed by atoms with van der Waals surface area (Å²) in [6.45, 7) is 3.05. The van der Waals surface area contributed by atoms with Gasteiger partial charge in [-0.3, -0.25) is 9.69 Å². The molecule has 3 nitrogen and oxygen atoms in total. The van der Waals surface area contributed by atoms with Crippen LogP contribution in [0.5, 0.6) is 0 Å². The first-order valence-corrected chi connectivity index (χ1v) is 8.11. The van der Waals surface area contributed by atoms with Crippen LogP contribution in [0.1, 0.15) is 37.8 Å². The van der Waals surface area contributed by atoms with Crippen molar-refractivity contribution in [3.05, 3.63) is 34.3 Å². The van der Waals surface area contributed by atoms with Crippen LogP contribution in [0.3, 0.4) is 0 Å². The maximum Gasteiger partial charge on any atom is 0.321 e. The van der Waals surface area contributed by atoms with E-state index in [1.54, 1.807) is 0 Å². The Hall–Kier alpha value is -0.870. The molecule has 1 aromatic carbocycles. The Kier molecular flexibility index (Phi) is 3.87. The molecule has 1 aromatic rings. The summed E-state index contributed by atoms with van der Waals surface area (Å²) in [4.78, 5) is 13.9. The van der Waals surface area contributed by atoms with E-state index in [0.717, 1.165) is 17.4 Å². The number of rotatable bonds is 3. The molecule has 2 fully saturated rings. The number of carboxylic acid groups (broad SMARTS) is 1. The van der Waals surface area contributed by atoms with E-state index in [0.29, 0.717) is 11.8 Å². The Bertz CT molecular complexity index is 519. The summed E-state index contributed by atoms with van der Waals surface area (Å²) < 4.78 is 1.05. The lowest BCUT2D eigenvalue weighted by molar-refractivity contribution is -0.144. The average molecular weight is 338 g/mol. The average Bonchev–Trinajstić information content (AvgIpc) is 2.96. The van der Waals surface area contributed by atoms with Crippen molar-refractivity contribution in [2.45, 2.75) is 38.3 Å². The van der Waals surface area contributed by atoms with E-state index in [1.165, 1.54) is 18.4 Å². The Labute approximate surface area is 128 Å². The quantitative estimate of drug-likeness (QED) is 0.914. The second-order valence-electron chi connectivity index (χ2n) is 6.07. The van der Waals surface area contributed by atoms with Gasteiger partial charge in [0.2, 0.25) is 0 Å². The van der Waals surface area contributed by atoms with Gasteiger partial charge in [0.05, 0.1) is 0 Å². The van der Waals surface area contributed by atoms with Crippen LogP contribution in [0.2, 0.25) is 0 Å². The van der Waals surface area contributed by atoms with Crippen LogP contribution in [0, 0.1) is 11.8 Å². The van der Waals surface area contributed by atoms with E-state index in [1.807, 2.05) is 12.1 Å². The second-order valence-corrected chi connectivity index (χ2v) is 6.98. The van der Waals surface area contributed by atoms with Gasteiger partial charge in [-0.15, -0.1) is 0 Å². The van der Waals surface area contributed by atoms with E-state index >= 15 is 0 Å². The van der Waals surface area contributed by atoms with Gasteiger partial charge in [0.1, 0.15) is 6.04 Å². The first kappa shape index (κ1) is 14.1. The SMILES string of the molecule is CC(c1cccc(Br)c1)N1CC2CCCC2C1C(=O)O. The standard InChI is InChI=1S/C16H20BrNO2/c1-10(11-4-2-6-13(17)8-11)18-9-12-5-3-7-14(12)15(18)16(19)20/h2,4,6,8,10,12,14-15H,3,5,7,9H2,1H3,(H,19,20). The van der Waals surface area contributed by atoms with Crippen molar-refractivity contribution in [1.29, 1.82) is 0 Å². The molecule has 0 aromatic heterocycles. The third kappa shape index (κ3) is 2.40. The molecular formula is C16H20BrNO2. The maximum absolute atomic E-state index is 11.7. The molecule has 1 saturated carbocycles. The fourth-order valence-corrected chi connectivity index (χ4v) is 4.44. The lowest BCUT2D eigenvalue weighted by Crippen LogP contribution is -2.41. The number of nitrogens with zero attached hydrogens (tertiary/aromatic N) is 1. The largest absolute Gasteiger partial charge is 0.480 e. The van der Waals surface area contributed by atoms with Crippen molar-refractivity contribution in [2.24, 2.45) is 11.8 Å². The molecule has 2 aliphatic rings. The highest BCUT2D eigenvalue weighted by atomic mass is 79.9. The molecule has 4 unspecified atom stereocenters. The Balaban J connectivity index is 1.87. The van der Waals surface area contributed by atoms with Crippen LogP contribution in [-0.4, -0.2) is 28.6 Å². The van der Waals surface area contributed by atoms with Gasteiger partial charge in [-0.1, -0.05) is 34.5 Å². The predicted molar refractivity (Wildman–Crippen MR) is 81.5 cm³/mol. The zero-order valence-electron chi connectivity index (χ0n) is 11.6. The fraction of sp³-hybridized carbons (Fsp3) is 0.562. The van der Waals surface area contributed by atoms with Gasteiger partial charge in [-0.05, 0) is 49.3 Å². The molecule has 3 rings (SSSR count). The molecule has 108 valence electrons. The minimum absolute atomic E-state index is 0.152. The van der Waals surface area contributed by atoms with Crippen LogP contribution >= 0.6 is 15.9 Å². The molecule has 0 spiro atoms. The third-order valence-electron chi connectivity index (χ3n) is 5.01. The molecule has 4 heteroatoms. The minimum atomic E-state index is -0.652. The molecule has 4 atom stereocenters. The minimum Gasteiger partial charge on any atom is -0.480 e. The number of halogens is 1. The highest BCUT2D eigenvalue weighted by molar-refractivity contribution is 9.10. The van der Waals surface area contributed by atoms with Crippen LogP contribution in [-0.2, 0) is 4.79 Å². The van der Waals surface area contributed by atoms with Crippen molar-refractivity contribution in [3.63, 3.8) is 0 Å². The summed E-state index contributed by atoms with van der Waals surface area (Å²) in [6, 6.07) is 8.04. The third-order valence-corrected chi connectivity index (χ3v) is 5.50. The van der Waals surface area contributed by atoms with Crippen LogP contribution in [0.4, 0.5) is 0 Å². The van der Waals surface area contributed by atoms with E-state index in [2.05, 4.69) is 39.9 Å². The molecule has 1 saturated heterocycles. The van der Waals surface area contributed by atoms with E-state index in [4.69, 9.17) is 0 Å². The second kappa shape index (κ2) is 5.49. The summed E-state index contributed by atoms with van der Waals surface area (Å²) in [5.74, 6) is 0.272. The number of hydrogen-bond acceptors (Lipinski definition) is 2. The number of benzene rings is 1. The zero-order valence-corrected chi connectivity index (χ0v) is 13.2. The van der Waals surface area contributed by atoms with Crippen molar-refractivity contribution in [2.75, 3.05) is 6.54 Å². The Morgan fingerprint density at radius 1 is 1.45 bits per heavy atom. The molecule has 0 amide bonds. The number of likely N-dealkylation sites (tertiary alicyclic amines) is 1. The summed E-state index contributed by atoms with van der Waals surface area (Å²) >= 11 is 3.50. The first-order chi connectivity index (χ1) is 9.58. The van der Waals surface area contributed by atoms with Gasteiger partial charge in [0, 0.05) is 17.1 Å². The smallest absolute Gasteiger partial charge is 0.321 e. The van der Waals surface area contributed by atoms with E-state index in [-0.39, 0.29) is 12.1 Å². The molecule has 0 bridgehead atoms. The molecule has 1 N–H and O–H groups in total. The van der Waals surface area contributed by atoms with Crippen LogP contribution < -0.4 is 0 Å². The predicted octanol–water partition coefficient (Wildman–Crippen LogP) is 3.70.